The fraction of sp³-hybridized carbons (Fsp3) is 0.586. The molecular formula is C29H39F3N4O5S. The average molecular weight is 613 g/mol. The van der Waals surface area contributed by atoms with Crippen molar-refractivity contribution in [3.05, 3.63) is 41.4 Å². The molecule has 1 aromatic carbocycles. The minimum atomic E-state index is -4.09. The average Bonchev–Trinajstić information content (AvgIpc) is 3.49. The number of nitrogens with zero attached hydrogens (tertiary/aromatic N) is 3. The molecule has 1 saturated heterocycles. The number of hydrogen-bond acceptors (Lipinski definition) is 6. The SMILES string of the molecule is O=C1NC(CCCCCCCCC(F)(F)F)=NC12CCN(S(=O)(=O)C=Cc1cccc3c1ccn3CC(O)CO)CC2. The second kappa shape index (κ2) is 13.7. The van der Waals surface area contributed by atoms with Crippen LogP contribution in [0.3, 0.4) is 0 Å². The van der Waals surface area contributed by atoms with Crippen molar-refractivity contribution in [2.75, 3.05) is 19.7 Å². The van der Waals surface area contributed by atoms with E-state index >= 15 is 0 Å². The van der Waals surface area contributed by atoms with E-state index in [4.69, 9.17) is 5.11 Å². The molecule has 1 aromatic heterocycles. The first-order chi connectivity index (χ1) is 19.9. The van der Waals surface area contributed by atoms with Crippen molar-refractivity contribution in [2.45, 2.75) is 88.6 Å². The topological polar surface area (TPSA) is 124 Å². The summed E-state index contributed by atoms with van der Waals surface area (Å²) in [6.45, 7) is 0.179. The van der Waals surface area contributed by atoms with E-state index in [1.807, 2.05) is 12.1 Å². The second-order valence-electron chi connectivity index (χ2n) is 11.1. The number of sulfonamides is 1. The van der Waals surface area contributed by atoms with Crippen LogP contribution in [0.4, 0.5) is 13.2 Å². The number of aliphatic hydroxyl groups excluding tert-OH is 2. The maximum Gasteiger partial charge on any atom is 0.389 e. The highest BCUT2D eigenvalue weighted by Crippen LogP contribution is 2.32. The first kappa shape index (κ1) is 32.2. The minimum absolute atomic E-state index is 0.152. The lowest BCUT2D eigenvalue weighted by atomic mass is 9.89. The van der Waals surface area contributed by atoms with Crippen LogP contribution in [0.1, 0.15) is 69.8 Å². The van der Waals surface area contributed by atoms with Gasteiger partial charge in [-0.25, -0.2) is 8.42 Å². The zero-order valence-electron chi connectivity index (χ0n) is 23.5. The van der Waals surface area contributed by atoms with Gasteiger partial charge in [-0.3, -0.25) is 9.79 Å². The quantitative estimate of drug-likeness (QED) is 0.274. The number of piperidine rings is 1. The lowest BCUT2D eigenvalue weighted by molar-refractivity contribution is -0.135. The summed E-state index contributed by atoms with van der Waals surface area (Å²) in [7, 11) is -3.75. The van der Waals surface area contributed by atoms with Crippen LogP contribution in [-0.2, 0) is 21.4 Å². The minimum Gasteiger partial charge on any atom is -0.394 e. The molecule has 232 valence electrons. The number of aliphatic hydroxyl groups is 2. The highest BCUT2D eigenvalue weighted by Gasteiger charge is 2.46. The van der Waals surface area contributed by atoms with Crippen molar-refractivity contribution in [1.82, 2.24) is 14.2 Å². The largest absolute Gasteiger partial charge is 0.394 e. The Bertz CT molecular complexity index is 1400. The lowest BCUT2D eigenvalue weighted by Gasteiger charge is -2.34. The van der Waals surface area contributed by atoms with Crippen LogP contribution in [0.15, 0.2) is 40.9 Å². The summed E-state index contributed by atoms with van der Waals surface area (Å²) < 4.78 is 66.1. The van der Waals surface area contributed by atoms with Gasteiger partial charge in [0.25, 0.3) is 5.91 Å². The first-order valence-electron chi connectivity index (χ1n) is 14.4. The number of carbonyl (C=O) groups excluding carboxylic acids is 1. The fourth-order valence-electron chi connectivity index (χ4n) is 5.56. The summed E-state index contributed by atoms with van der Waals surface area (Å²) >= 11 is 0. The molecule has 1 atom stereocenters. The van der Waals surface area contributed by atoms with Crippen LogP contribution < -0.4 is 5.32 Å². The van der Waals surface area contributed by atoms with Gasteiger partial charge in [0, 0.05) is 48.4 Å². The van der Waals surface area contributed by atoms with Gasteiger partial charge in [0.15, 0.2) is 0 Å². The normalized spacial score (nSPS) is 18.7. The molecule has 0 bridgehead atoms. The molecule has 1 spiro atoms. The van der Waals surface area contributed by atoms with Gasteiger partial charge in [-0.05, 0) is 49.5 Å². The van der Waals surface area contributed by atoms with Gasteiger partial charge in [0.2, 0.25) is 10.0 Å². The van der Waals surface area contributed by atoms with Gasteiger partial charge < -0.3 is 20.1 Å². The van der Waals surface area contributed by atoms with E-state index in [-0.39, 0.29) is 51.4 Å². The number of unbranched alkanes of at least 4 members (excludes halogenated alkanes) is 5. The molecule has 3 heterocycles. The predicted molar refractivity (Wildman–Crippen MR) is 155 cm³/mol. The van der Waals surface area contributed by atoms with E-state index in [1.165, 1.54) is 9.71 Å². The maximum atomic E-state index is 13.1. The molecule has 1 amide bonds. The van der Waals surface area contributed by atoms with Crippen LogP contribution in [0.2, 0.25) is 0 Å². The third kappa shape index (κ3) is 8.21. The number of aliphatic imine (C=N–C) groups is 1. The smallest absolute Gasteiger partial charge is 0.389 e. The second-order valence-corrected chi connectivity index (χ2v) is 12.9. The molecule has 2 aromatic rings. The number of rotatable bonds is 14. The van der Waals surface area contributed by atoms with Crippen molar-refractivity contribution in [2.24, 2.45) is 4.99 Å². The van der Waals surface area contributed by atoms with Gasteiger partial charge in [-0.2, -0.15) is 17.5 Å². The zero-order chi connectivity index (χ0) is 30.4. The Morgan fingerprint density at radius 1 is 1.07 bits per heavy atom. The molecule has 0 radical (unpaired) electrons. The molecule has 2 aliphatic rings. The Morgan fingerprint density at radius 3 is 2.45 bits per heavy atom. The number of benzene rings is 1. The van der Waals surface area contributed by atoms with Crippen LogP contribution in [0, 0.1) is 0 Å². The summed E-state index contributed by atoms with van der Waals surface area (Å²) in [5.74, 6) is 0.388. The summed E-state index contributed by atoms with van der Waals surface area (Å²) in [6.07, 6.45) is 2.62. The van der Waals surface area contributed by atoms with Crippen LogP contribution in [-0.4, -0.2) is 76.8 Å². The van der Waals surface area contributed by atoms with Gasteiger partial charge in [-0.15, -0.1) is 0 Å². The predicted octanol–water partition coefficient (Wildman–Crippen LogP) is 4.34. The number of nitrogens with one attached hydrogen (secondary N) is 1. The van der Waals surface area contributed by atoms with Crippen LogP contribution in [0.5, 0.6) is 0 Å². The summed E-state index contributed by atoms with van der Waals surface area (Å²) in [6, 6.07) is 7.30. The van der Waals surface area contributed by atoms with E-state index in [1.54, 1.807) is 29.0 Å². The molecule has 2 aliphatic heterocycles. The van der Waals surface area contributed by atoms with E-state index in [0.717, 1.165) is 36.6 Å². The molecular weight excluding hydrogens is 573 g/mol. The van der Waals surface area contributed by atoms with E-state index in [0.29, 0.717) is 24.2 Å². The number of amidine groups is 1. The fourth-order valence-corrected chi connectivity index (χ4v) is 6.74. The summed E-state index contributed by atoms with van der Waals surface area (Å²) in [4.78, 5) is 17.5. The van der Waals surface area contributed by atoms with Gasteiger partial charge in [0.1, 0.15) is 11.4 Å². The van der Waals surface area contributed by atoms with Crippen molar-refractivity contribution in [1.29, 1.82) is 0 Å². The Hall–Kier alpha value is -2.74. The van der Waals surface area contributed by atoms with E-state index < -0.39 is 34.3 Å². The monoisotopic (exact) mass is 612 g/mol. The molecule has 4 rings (SSSR count). The Morgan fingerprint density at radius 2 is 1.76 bits per heavy atom. The first-order valence-corrected chi connectivity index (χ1v) is 15.9. The molecule has 0 saturated carbocycles. The lowest BCUT2D eigenvalue weighted by Crippen LogP contribution is -2.50. The maximum absolute atomic E-state index is 13.1. The van der Waals surface area contributed by atoms with Gasteiger partial charge in [-0.1, -0.05) is 37.8 Å². The molecule has 1 unspecified atom stereocenters. The van der Waals surface area contributed by atoms with Crippen LogP contribution in [0.25, 0.3) is 17.0 Å². The highest BCUT2D eigenvalue weighted by atomic mass is 32.2. The number of fused-ring (bicyclic) bond motifs is 1. The molecule has 9 nitrogen and oxygen atoms in total. The number of amides is 1. The Labute approximate surface area is 244 Å². The van der Waals surface area contributed by atoms with E-state index in [2.05, 4.69) is 10.3 Å². The number of alkyl halides is 3. The zero-order valence-corrected chi connectivity index (χ0v) is 24.3. The summed E-state index contributed by atoms with van der Waals surface area (Å²) in [5, 5.41) is 23.8. The third-order valence-electron chi connectivity index (χ3n) is 7.95. The number of aromatic nitrogens is 1. The standard InChI is InChI=1S/C29H39F3N4O5S/c30-29(31,32)13-6-4-2-1-3-5-10-26-33-27(39)28(34-26)14-17-36(18-15-28)42(40,41)19-12-22-8-7-9-25-24(22)11-16-35(25)20-23(38)21-37/h7-9,11-12,16,19,23,37-38H,1-6,10,13-15,17-18,20-21H2,(H,33,34,39). The summed E-state index contributed by atoms with van der Waals surface area (Å²) in [5.41, 5.74) is 0.548. The Balaban J connectivity index is 1.28. The molecule has 13 heteroatoms. The van der Waals surface area contributed by atoms with E-state index in [9.17, 15) is 31.5 Å². The van der Waals surface area contributed by atoms with Gasteiger partial charge in [0.05, 0.1) is 19.3 Å². The molecule has 3 N–H and O–H groups in total. The Kier molecular flexibility index (Phi) is 10.5. The number of carbonyl (C=O) groups is 1. The van der Waals surface area contributed by atoms with Crippen molar-refractivity contribution in [3.8, 4) is 0 Å². The van der Waals surface area contributed by atoms with Crippen molar-refractivity contribution < 1.29 is 36.6 Å². The molecule has 0 aliphatic carbocycles. The molecule has 42 heavy (non-hydrogen) atoms. The van der Waals surface area contributed by atoms with Gasteiger partial charge >= 0.3 is 6.18 Å². The highest BCUT2D eigenvalue weighted by molar-refractivity contribution is 7.92. The third-order valence-corrected chi connectivity index (χ3v) is 9.51. The number of halogens is 3. The molecule has 1 fully saturated rings. The van der Waals surface area contributed by atoms with Crippen molar-refractivity contribution >= 4 is 38.7 Å². The van der Waals surface area contributed by atoms with Crippen LogP contribution >= 0.6 is 0 Å². The van der Waals surface area contributed by atoms with Crippen molar-refractivity contribution in [3.63, 3.8) is 0 Å². The number of hydrogen-bond donors (Lipinski definition) is 3.